The molecule has 1 atom stereocenters. The van der Waals surface area contributed by atoms with Crippen LogP contribution in [0.2, 0.25) is 5.02 Å². The van der Waals surface area contributed by atoms with E-state index in [1.54, 1.807) is 24.6 Å². The monoisotopic (exact) mass is 416 g/mol. The van der Waals surface area contributed by atoms with Crippen molar-refractivity contribution in [3.8, 4) is 5.75 Å². The number of aromatic nitrogens is 1. The number of pyridine rings is 1. The molecule has 10 heteroatoms. The first kappa shape index (κ1) is 20.9. The molecule has 1 aromatic heterocycles. The molecule has 0 radical (unpaired) electrons. The Bertz CT molecular complexity index is 838. The molecule has 0 bridgehead atoms. The molecule has 0 saturated carbocycles. The normalized spacial score (nSPS) is 11.8. The van der Waals surface area contributed by atoms with E-state index in [0.717, 1.165) is 0 Å². The van der Waals surface area contributed by atoms with Crippen molar-refractivity contribution in [3.63, 3.8) is 0 Å². The van der Waals surface area contributed by atoms with Crippen LogP contribution < -0.4 is 10.1 Å². The summed E-state index contributed by atoms with van der Waals surface area (Å²) in [6.45, 7) is -1.61. The van der Waals surface area contributed by atoms with Gasteiger partial charge in [0.05, 0.1) is 10.6 Å². The molecular formula is C17H15ClF2N2O4S. The summed E-state index contributed by atoms with van der Waals surface area (Å²) in [7, 11) is 0. The Balaban J connectivity index is 2.01. The van der Waals surface area contributed by atoms with E-state index in [2.05, 4.69) is 15.0 Å². The van der Waals surface area contributed by atoms with E-state index in [9.17, 15) is 18.4 Å². The number of benzene rings is 1. The van der Waals surface area contributed by atoms with E-state index >= 15 is 0 Å². The topological polar surface area (TPSA) is 77.5 Å². The Hall–Kier alpha value is -2.39. The van der Waals surface area contributed by atoms with Crippen LogP contribution in [0.25, 0.3) is 0 Å². The summed E-state index contributed by atoms with van der Waals surface area (Å²) in [6.07, 6.45) is 2.20. The van der Waals surface area contributed by atoms with Crippen LogP contribution in [0.1, 0.15) is 17.3 Å². The second-order valence-electron chi connectivity index (χ2n) is 5.12. The van der Waals surface area contributed by atoms with Gasteiger partial charge in [0.25, 0.3) is 5.91 Å². The van der Waals surface area contributed by atoms with Gasteiger partial charge in [0.15, 0.2) is 6.10 Å². The minimum Gasteiger partial charge on any atom is -0.449 e. The average molecular weight is 417 g/mol. The molecule has 2 rings (SSSR count). The summed E-state index contributed by atoms with van der Waals surface area (Å²) < 4.78 is 33.8. The Morgan fingerprint density at radius 3 is 2.67 bits per heavy atom. The van der Waals surface area contributed by atoms with Crippen LogP contribution in [0.3, 0.4) is 0 Å². The lowest BCUT2D eigenvalue weighted by Crippen LogP contribution is -2.30. The van der Waals surface area contributed by atoms with Crippen molar-refractivity contribution in [2.75, 3.05) is 11.6 Å². The van der Waals surface area contributed by atoms with Crippen LogP contribution in [0.15, 0.2) is 41.6 Å². The van der Waals surface area contributed by atoms with E-state index in [0.29, 0.717) is 5.03 Å². The van der Waals surface area contributed by atoms with Gasteiger partial charge in [-0.3, -0.25) is 4.79 Å². The van der Waals surface area contributed by atoms with Crippen molar-refractivity contribution in [2.45, 2.75) is 24.7 Å². The van der Waals surface area contributed by atoms with Gasteiger partial charge in [-0.1, -0.05) is 11.6 Å². The van der Waals surface area contributed by atoms with Crippen LogP contribution in [-0.2, 0) is 9.53 Å². The van der Waals surface area contributed by atoms with Crippen LogP contribution >= 0.6 is 23.4 Å². The first-order valence-corrected chi connectivity index (χ1v) is 9.17. The molecule has 0 spiro atoms. The fraction of sp³-hybridized carbons (Fsp3) is 0.235. The van der Waals surface area contributed by atoms with Gasteiger partial charge in [-0.15, -0.1) is 11.8 Å². The number of ether oxygens (including phenoxy) is 2. The van der Waals surface area contributed by atoms with Gasteiger partial charge in [-0.2, -0.15) is 8.78 Å². The number of hydrogen-bond acceptors (Lipinski definition) is 6. The fourth-order valence-corrected chi connectivity index (χ4v) is 2.76. The number of nitrogens with zero attached hydrogens (tertiary/aromatic N) is 1. The molecule has 144 valence electrons. The van der Waals surface area contributed by atoms with E-state index in [-0.39, 0.29) is 22.0 Å². The van der Waals surface area contributed by atoms with Crippen LogP contribution in [0.5, 0.6) is 5.75 Å². The number of carbonyl (C=O) groups is 2. The number of thioether (sulfide) groups is 1. The quantitative estimate of drug-likeness (QED) is 0.537. The maximum absolute atomic E-state index is 12.2. The summed E-state index contributed by atoms with van der Waals surface area (Å²) >= 11 is 7.11. The van der Waals surface area contributed by atoms with E-state index in [1.807, 2.05) is 0 Å². The number of alkyl halides is 2. The summed E-state index contributed by atoms with van der Waals surface area (Å²) in [4.78, 5) is 28.5. The molecular weight excluding hydrogens is 402 g/mol. The highest BCUT2D eigenvalue weighted by Gasteiger charge is 2.21. The lowest BCUT2D eigenvalue weighted by atomic mass is 10.2. The molecule has 1 aromatic carbocycles. The van der Waals surface area contributed by atoms with Crippen molar-refractivity contribution in [3.05, 3.63) is 47.1 Å². The number of anilines is 1. The third-order valence-electron chi connectivity index (χ3n) is 3.25. The molecule has 1 amide bonds. The number of halogens is 3. The Kier molecular flexibility index (Phi) is 7.37. The number of rotatable bonds is 7. The summed E-state index contributed by atoms with van der Waals surface area (Å²) in [5.74, 6) is -1.52. The number of amides is 1. The van der Waals surface area contributed by atoms with Crippen LogP contribution in [0.4, 0.5) is 14.5 Å². The van der Waals surface area contributed by atoms with Crippen molar-refractivity contribution in [1.29, 1.82) is 0 Å². The number of esters is 1. The van der Waals surface area contributed by atoms with Crippen molar-refractivity contribution < 1.29 is 27.8 Å². The maximum Gasteiger partial charge on any atom is 0.387 e. The molecule has 0 aliphatic rings. The van der Waals surface area contributed by atoms with Crippen LogP contribution in [-0.4, -0.2) is 35.8 Å². The zero-order valence-electron chi connectivity index (χ0n) is 14.2. The first-order valence-electron chi connectivity index (χ1n) is 7.57. The van der Waals surface area contributed by atoms with Crippen molar-refractivity contribution in [2.24, 2.45) is 0 Å². The second kappa shape index (κ2) is 9.52. The average Bonchev–Trinajstić information content (AvgIpc) is 2.63. The molecule has 0 aliphatic heterocycles. The van der Waals surface area contributed by atoms with Gasteiger partial charge in [0.1, 0.15) is 10.8 Å². The largest absolute Gasteiger partial charge is 0.449 e. The van der Waals surface area contributed by atoms with Crippen LogP contribution in [0, 0.1) is 0 Å². The number of nitrogens with one attached hydrogen (secondary N) is 1. The van der Waals surface area contributed by atoms with E-state index in [1.165, 1.54) is 36.9 Å². The smallest absolute Gasteiger partial charge is 0.387 e. The molecule has 1 unspecified atom stereocenters. The van der Waals surface area contributed by atoms with Gasteiger partial charge in [0, 0.05) is 11.9 Å². The predicted molar refractivity (Wildman–Crippen MR) is 97.6 cm³/mol. The minimum atomic E-state index is -3.01. The SMILES string of the molecule is CSc1ncccc1C(=O)OC(C)C(=O)Nc1ccc(OC(F)F)c(Cl)c1. The highest BCUT2D eigenvalue weighted by atomic mass is 35.5. The number of carbonyl (C=O) groups excluding carboxylic acids is 2. The summed E-state index contributed by atoms with van der Waals surface area (Å²) in [5, 5.41) is 2.87. The second-order valence-corrected chi connectivity index (χ2v) is 6.32. The predicted octanol–water partition coefficient (Wildman–Crippen LogP) is 4.24. The fourth-order valence-electron chi connectivity index (χ4n) is 2.00. The highest BCUT2D eigenvalue weighted by molar-refractivity contribution is 7.98. The molecule has 1 heterocycles. The zero-order chi connectivity index (χ0) is 20.0. The van der Waals surface area contributed by atoms with Gasteiger partial charge in [-0.25, -0.2) is 9.78 Å². The van der Waals surface area contributed by atoms with Gasteiger partial charge in [-0.05, 0) is 43.5 Å². The minimum absolute atomic E-state index is 0.0993. The lowest BCUT2D eigenvalue weighted by Gasteiger charge is -2.15. The molecule has 1 N–H and O–H groups in total. The van der Waals surface area contributed by atoms with Gasteiger partial charge < -0.3 is 14.8 Å². The Morgan fingerprint density at radius 2 is 2.04 bits per heavy atom. The van der Waals surface area contributed by atoms with E-state index < -0.39 is 24.6 Å². The lowest BCUT2D eigenvalue weighted by molar-refractivity contribution is -0.123. The highest BCUT2D eigenvalue weighted by Crippen LogP contribution is 2.29. The maximum atomic E-state index is 12.2. The number of hydrogen-bond donors (Lipinski definition) is 1. The first-order chi connectivity index (χ1) is 12.8. The van der Waals surface area contributed by atoms with E-state index in [4.69, 9.17) is 16.3 Å². The molecule has 0 fully saturated rings. The third-order valence-corrected chi connectivity index (χ3v) is 4.26. The van der Waals surface area contributed by atoms with Crippen molar-refractivity contribution in [1.82, 2.24) is 4.98 Å². The summed E-state index contributed by atoms with van der Waals surface area (Å²) in [6, 6.07) is 6.92. The Labute approximate surface area is 163 Å². The molecule has 27 heavy (non-hydrogen) atoms. The summed E-state index contributed by atoms with van der Waals surface area (Å²) in [5.41, 5.74) is 0.488. The molecule has 2 aromatic rings. The van der Waals surface area contributed by atoms with Gasteiger partial charge >= 0.3 is 12.6 Å². The molecule has 0 saturated heterocycles. The standard InChI is InChI=1S/C17H15ClF2N2O4S/c1-9(25-16(24)11-4-3-7-21-15(11)27-2)14(23)22-10-5-6-13(12(18)8-10)26-17(19)20/h3-9,17H,1-2H3,(H,22,23). The zero-order valence-corrected chi connectivity index (χ0v) is 15.8. The third kappa shape index (κ3) is 5.80. The van der Waals surface area contributed by atoms with Crippen molar-refractivity contribution >= 4 is 40.9 Å². The van der Waals surface area contributed by atoms with Gasteiger partial charge in [0.2, 0.25) is 0 Å². The molecule has 6 nitrogen and oxygen atoms in total. The Morgan fingerprint density at radius 1 is 1.30 bits per heavy atom. The molecule has 0 aliphatic carbocycles.